The van der Waals surface area contributed by atoms with Crippen LogP contribution in [0.5, 0.6) is 0 Å². The summed E-state index contributed by atoms with van der Waals surface area (Å²) in [6, 6.07) is 13.0. The van der Waals surface area contributed by atoms with E-state index in [-0.39, 0.29) is 30.6 Å². The van der Waals surface area contributed by atoms with Gasteiger partial charge in [-0.1, -0.05) is 35.3 Å². The summed E-state index contributed by atoms with van der Waals surface area (Å²) < 4.78 is 0. The van der Waals surface area contributed by atoms with E-state index in [0.29, 0.717) is 45.6 Å². The molecule has 3 amide bonds. The largest absolute Gasteiger partial charge is 0.351 e. The Kier molecular flexibility index (Phi) is 7.53. The van der Waals surface area contributed by atoms with Gasteiger partial charge in [-0.15, -0.1) is 11.3 Å². The Labute approximate surface area is 210 Å². The smallest absolute Gasteiger partial charge is 0.251 e. The van der Waals surface area contributed by atoms with E-state index >= 15 is 0 Å². The molecule has 0 aliphatic carbocycles. The van der Waals surface area contributed by atoms with Crippen LogP contribution in [0.15, 0.2) is 53.9 Å². The first kappa shape index (κ1) is 24.2. The number of benzene rings is 2. The van der Waals surface area contributed by atoms with Crippen LogP contribution in [0.1, 0.15) is 33.3 Å². The van der Waals surface area contributed by atoms with E-state index < -0.39 is 6.04 Å². The van der Waals surface area contributed by atoms with Crippen molar-refractivity contribution in [2.45, 2.75) is 18.9 Å². The number of halogens is 2. The maximum Gasteiger partial charge on any atom is 0.251 e. The van der Waals surface area contributed by atoms with Gasteiger partial charge in [0.1, 0.15) is 0 Å². The fourth-order valence-electron chi connectivity index (χ4n) is 3.89. The standard InChI is InChI=1S/C24H22Cl2N4O3S/c25-15-4-5-17(18(26)11-15)21-13-22(31)29-19-10-14(24(33)28-8-7-27)3-6-20(19)30(21)23(32)12-16-2-1-9-34-16/h1-6,9-11,21H,7-8,12-13,27H2,(H,28,33)(H,29,31). The van der Waals surface area contributed by atoms with E-state index in [1.807, 2.05) is 17.5 Å². The van der Waals surface area contributed by atoms with Crippen molar-refractivity contribution in [3.05, 3.63) is 80.0 Å². The maximum atomic E-state index is 13.6. The Morgan fingerprint density at radius 2 is 2.00 bits per heavy atom. The molecule has 176 valence electrons. The van der Waals surface area contributed by atoms with Crippen molar-refractivity contribution < 1.29 is 14.4 Å². The molecule has 1 aromatic heterocycles. The highest BCUT2D eigenvalue weighted by atomic mass is 35.5. The molecule has 2 heterocycles. The van der Waals surface area contributed by atoms with Crippen molar-refractivity contribution in [2.24, 2.45) is 5.73 Å². The lowest BCUT2D eigenvalue weighted by Gasteiger charge is -2.31. The molecular formula is C24H22Cl2N4O3S. The number of carbonyl (C=O) groups is 3. The SMILES string of the molecule is NCCNC(=O)c1ccc2c(c1)NC(=O)CC(c1ccc(Cl)cc1Cl)N2C(=O)Cc1cccs1. The van der Waals surface area contributed by atoms with Crippen molar-refractivity contribution in [2.75, 3.05) is 23.3 Å². The summed E-state index contributed by atoms with van der Waals surface area (Å²) in [6.07, 6.45) is 0.145. The molecule has 0 saturated carbocycles. The van der Waals surface area contributed by atoms with Crippen molar-refractivity contribution in [3.8, 4) is 0 Å². The van der Waals surface area contributed by atoms with Gasteiger partial charge in [0, 0.05) is 33.6 Å². The third-order valence-corrected chi connectivity index (χ3v) is 6.85. The number of hydrogen-bond acceptors (Lipinski definition) is 5. The lowest BCUT2D eigenvalue weighted by Crippen LogP contribution is -2.36. The molecule has 1 aliphatic rings. The Morgan fingerprint density at radius 1 is 1.18 bits per heavy atom. The van der Waals surface area contributed by atoms with Crippen LogP contribution in [0.4, 0.5) is 11.4 Å². The van der Waals surface area contributed by atoms with Gasteiger partial charge in [-0.25, -0.2) is 0 Å². The van der Waals surface area contributed by atoms with E-state index in [0.717, 1.165) is 4.88 Å². The van der Waals surface area contributed by atoms with Crippen LogP contribution in [-0.4, -0.2) is 30.8 Å². The first-order chi connectivity index (χ1) is 16.4. The van der Waals surface area contributed by atoms with E-state index in [2.05, 4.69) is 10.6 Å². The minimum Gasteiger partial charge on any atom is -0.351 e. The monoisotopic (exact) mass is 516 g/mol. The third-order valence-electron chi connectivity index (χ3n) is 5.41. The average Bonchev–Trinajstić information content (AvgIpc) is 3.25. The number of nitrogens with two attached hydrogens (primary N) is 1. The second-order valence-electron chi connectivity index (χ2n) is 7.73. The molecule has 1 aliphatic heterocycles. The first-order valence-electron chi connectivity index (χ1n) is 10.6. The van der Waals surface area contributed by atoms with Gasteiger partial charge in [0.15, 0.2) is 0 Å². The van der Waals surface area contributed by atoms with Crippen LogP contribution in [0.2, 0.25) is 10.0 Å². The highest BCUT2D eigenvalue weighted by Crippen LogP contribution is 2.41. The number of amides is 3. The molecule has 1 unspecified atom stereocenters. The summed E-state index contributed by atoms with van der Waals surface area (Å²) in [5, 5.41) is 8.28. The zero-order chi connectivity index (χ0) is 24.2. The molecular weight excluding hydrogens is 495 g/mol. The molecule has 0 bridgehead atoms. The number of fused-ring (bicyclic) bond motifs is 1. The number of carbonyl (C=O) groups excluding carboxylic acids is 3. The number of nitrogens with zero attached hydrogens (tertiary/aromatic N) is 1. The minimum absolute atomic E-state index is 0.0130. The van der Waals surface area contributed by atoms with Gasteiger partial charge in [0.2, 0.25) is 11.8 Å². The molecule has 2 aromatic carbocycles. The molecule has 1 atom stereocenters. The van der Waals surface area contributed by atoms with Gasteiger partial charge in [-0.05, 0) is 47.3 Å². The van der Waals surface area contributed by atoms with Gasteiger partial charge in [-0.3, -0.25) is 14.4 Å². The van der Waals surface area contributed by atoms with Gasteiger partial charge in [-0.2, -0.15) is 0 Å². The normalized spacial score (nSPS) is 15.3. The quantitative estimate of drug-likeness (QED) is 0.451. The van der Waals surface area contributed by atoms with Crippen molar-refractivity contribution in [1.29, 1.82) is 0 Å². The van der Waals surface area contributed by atoms with Crippen LogP contribution in [-0.2, 0) is 16.0 Å². The maximum absolute atomic E-state index is 13.6. The number of thiophene rings is 1. The topological polar surface area (TPSA) is 105 Å². The molecule has 0 spiro atoms. The number of anilines is 2. The Morgan fingerprint density at radius 3 is 2.71 bits per heavy atom. The summed E-state index contributed by atoms with van der Waals surface area (Å²) in [5.41, 5.74) is 7.29. The summed E-state index contributed by atoms with van der Waals surface area (Å²) in [5.74, 6) is -0.819. The van der Waals surface area contributed by atoms with Gasteiger partial charge in [0.05, 0.1) is 30.3 Å². The average molecular weight is 517 g/mol. The van der Waals surface area contributed by atoms with Crippen LogP contribution in [0.3, 0.4) is 0 Å². The van der Waals surface area contributed by atoms with Crippen LogP contribution < -0.4 is 21.3 Å². The predicted molar refractivity (Wildman–Crippen MR) is 136 cm³/mol. The molecule has 7 nitrogen and oxygen atoms in total. The number of nitrogens with one attached hydrogen (secondary N) is 2. The number of rotatable bonds is 6. The molecule has 3 aromatic rings. The zero-order valence-electron chi connectivity index (χ0n) is 18.0. The van der Waals surface area contributed by atoms with Crippen LogP contribution >= 0.6 is 34.5 Å². The van der Waals surface area contributed by atoms with Crippen molar-refractivity contribution >= 4 is 63.6 Å². The molecule has 0 radical (unpaired) electrons. The van der Waals surface area contributed by atoms with Gasteiger partial charge in [0.25, 0.3) is 5.91 Å². The Hall–Kier alpha value is -2.91. The van der Waals surface area contributed by atoms with E-state index in [1.54, 1.807) is 41.3 Å². The molecule has 4 rings (SSSR count). The number of hydrogen-bond donors (Lipinski definition) is 3. The first-order valence-corrected chi connectivity index (χ1v) is 12.2. The fraction of sp³-hybridized carbons (Fsp3) is 0.208. The molecule has 4 N–H and O–H groups in total. The molecule has 34 heavy (non-hydrogen) atoms. The zero-order valence-corrected chi connectivity index (χ0v) is 20.3. The third kappa shape index (κ3) is 5.26. The lowest BCUT2D eigenvalue weighted by atomic mass is 10.00. The molecule has 0 fully saturated rings. The summed E-state index contributed by atoms with van der Waals surface area (Å²) in [4.78, 5) is 41.5. The lowest BCUT2D eigenvalue weighted by molar-refractivity contribution is -0.119. The van der Waals surface area contributed by atoms with Crippen LogP contribution in [0.25, 0.3) is 0 Å². The predicted octanol–water partition coefficient (Wildman–Crippen LogP) is 4.40. The molecule has 0 saturated heterocycles. The van der Waals surface area contributed by atoms with Gasteiger partial charge < -0.3 is 21.3 Å². The van der Waals surface area contributed by atoms with Crippen LogP contribution in [0, 0.1) is 0 Å². The summed E-state index contributed by atoms with van der Waals surface area (Å²) >= 11 is 14.1. The van der Waals surface area contributed by atoms with E-state index in [4.69, 9.17) is 28.9 Å². The van der Waals surface area contributed by atoms with E-state index in [9.17, 15) is 14.4 Å². The van der Waals surface area contributed by atoms with Crippen molar-refractivity contribution in [3.63, 3.8) is 0 Å². The fourth-order valence-corrected chi connectivity index (χ4v) is 5.12. The van der Waals surface area contributed by atoms with Crippen molar-refractivity contribution in [1.82, 2.24) is 5.32 Å². The Bertz CT molecular complexity index is 1230. The van der Waals surface area contributed by atoms with E-state index in [1.165, 1.54) is 11.3 Å². The summed E-state index contributed by atoms with van der Waals surface area (Å²) in [7, 11) is 0. The highest BCUT2D eigenvalue weighted by Gasteiger charge is 2.35. The van der Waals surface area contributed by atoms with Gasteiger partial charge >= 0.3 is 0 Å². The second-order valence-corrected chi connectivity index (χ2v) is 9.61. The summed E-state index contributed by atoms with van der Waals surface area (Å²) in [6.45, 7) is 0.632. The molecule has 10 heteroatoms. The highest BCUT2D eigenvalue weighted by molar-refractivity contribution is 7.10. The second kappa shape index (κ2) is 10.6. The minimum atomic E-state index is -0.657. The Balaban J connectivity index is 1.80.